The molecule has 0 bridgehead atoms. The Kier molecular flexibility index (Phi) is 5.31. The van der Waals surface area contributed by atoms with E-state index in [1.807, 2.05) is 18.9 Å². The molecule has 0 saturated carbocycles. The van der Waals surface area contributed by atoms with Crippen molar-refractivity contribution in [3.05, 3.63) is 34.6 Å². The fourth-order valence-corrected chi connectivity index (χ4v) is 1.97. The molecule has 0 aliphatic heterocycles. The van der Waals surface area contributed by atoms with Gasteiger partial charge in [0.05, 0.1) is 4.99 Å². The maximum Gasteiger partial charge on any atom is 0.127 e. The maximum atomic E-state index is 13.5. The minimum Gasteiger partial charge on any atom is -0.393 e. The van der Waals surface area contributed by atoms with Crippen molar-refractivity contribution in [3.8, 4) is 0 Å². The molecule has 1 unspecified atom stereocenters. The molecule has 5 heteroatoms. The fraction of sp³-hybridized carbons (Fsp3) is 0.417. The lowest BCUT2D eigenvalue weighted by Crippen LogP contribution is -2.32. The van der Waals surface area contributed by atoms with Crippen LogP contribution in [0.15, 0.2) is 18.2 Å². The molecule has 0 fully saturated rings. The van der Waals surface area contributed by atoms with Gasteiger partial charge in [-0.25, -0.2) is 4.39 Å². The Morgan fingerprint density at radius 1 is 1.59 bits per heavy atom. The Labute approximate surface area is 112 Å². The van der Waals surface area contributed by atoms with E-state index in [1.165, 1.54) is 6.07 Å². The van der Waals surface area contributed by atoms with Crippen LogP contribution in [-0.4, -0.2) is 23.0 Å². The number of benzene rings is 1. The van der Waals surface area contributed by atoms with Crippen molar-refractivity contribution in [1.29, 1.82) is 0 Å². The van der Waals surface area contributed by atoms with Crippen molar-refractivity contribution in [2.24, 2.45) is 5.73 Å². The fourth-order valence-electron chi connectivity index (χ4n) is 1.54. The van der Waals surface area contributed by atoms with E-state index in [0.717, 1.165) is 0 Å². The molecule has 0 aliphatic carbocycles. The summed E-state index contributed by atoms with van der Waals surface area (Å²) in [5, 5.41) is 0.539. The van der Waals surface area contributed by atoms with Gasteiger partial charge in [-0.3, -0.25) is 4.90 Å². The Morgan fingerprint density at radius 3 is 2.82 bits per heavy atom. The number of rotatable bonds is 5. The van der Waals surface area contributed by atoms with Gasteiger partial charge in [-0.15, -0.1) is 0 Å². The summed E-state index contributed by atoms with van der Waals surface area (Å²) in [5.74, 6) is -0.247. The van der Waals surface area contributed by atoms with Gasteiger partial charge in [0.1, 0.15) is 5.82 Å². The molecule has 17 heavy (non-hydrogen) atoms. The van der Waals surface area contributed by atoms with Crippen LogP contribution in [0.5, 0.6) is 0 Å². The van der Waals surface area contributed by atoms with E-state index >= 15 is 0 Å². The minimum atomic E-state index is -0.247. The van der Waals surface area contributed by atoms with E-state index in [2.05, 4.69) is 0 Å². The second kappa shape index (κ2) is 6.28. The second-order valence-corrected chi connectivity index (χ2v) is 5.13. The van der Waals surface area contributed by atoms with Crippen LogP contribution in [0.4, 0.5) is 4.39 Å². The summed E-state index contributed by atoms with van der Waals surface area (Å²) in [6.45, 7) is 2.48. The summed E-state index contributed by atoms with van der Waals surface area (Å²) in [6, 6.07) is 4.73. The van der Waals surface area contributed by atoms with Crippen LogP contribution in [0.2, 0.25) is 5.02 Å². The molecule has 2 N–H and O–H groups in total. The lowest BCUT2D eigenvalue weighted by molar-refractivity contribution is 0.252. The summed E-state index contributed by atoms with van der Waals surface area (Å²) >= 11 is 10.7. The molecule has 1 aromatic rings. The van der Waals surface area contributed by atoms with E-state index in [9.17, 15) is 4.39 Å². The molecule has 0 saturated heterocycles. The van der Waals surface area contributed by atoms with Crippen LogP contribution < -0.4 is 5.73 Å². The zero-order chi connectivity index (χ0) is 13.0. The number of nitrogens with zero attached hydrogens (tertiary/aromatic N) is 1. The molecular weight excluding hydrogens is 259 g/mol. The van der Waals surface area contributed by atoms with Gasteiger partial charge in [0, 0.05) is 29.6 Å². The van der Waals surface area contributed by atoms with Gasteiger partial charge < -0.3 is 5.73 Å². The maximum absolute atomic E-state index is 13.5. The summed E-state index contributed by atoms with van der Waals surface area (Å²) in [7, 11) is 1.91. The van der Waals surface area contributed by atoms with Crippen molar-refractivity contribution in [1.82, 2.24) is 4.90 Å². The zero-order valence-corrected chi connectivity index (χ0v) is 11.5. The summed E-state index contributed by atoms with van der Waals surface area (Å²) in [4.78, 5) is 2.46. The molecule has 94 valence electrons. The highest BCUT2D eigenvalue weighted by atomic mass is 35.5. The number of thiocarbonyl (C=S) groups is 1. The Balaban J connectivity index is 2.70. The molecule has 0 heterocycles. The largest absolute Gasteiger partial charge is 0.393 e. The molecule has 2 nitrogen and oxygen atoms in total. The van der Waals surface area contributed by atoms with E-state index in [0.29, 0.717) is 28.5 Å². The van der Waals surface area contributed by atoms with Crippen LogP contribution in [0.25, 0.3) is 0 Å². The lowest BCUT2D eigenvalue weighted by Gasteiger charge is -2.24. The summed E-state index contributed by atoms with van der Waals surface area (Å²) in [6.07, 6.45) is 0.619. The first-order valence-electron chi connectivity index (χ1n) is 5.32. The molecule has 0 aliphatic rings. The Morgan fingerprint density at radius 2 is 2.24 bits per heavy atom. The Hall–Kier alpha value is -0.710. The first kappa shape index (κ1) is 14.4. The molecule has 1 aromatic carbocycles. The summed E-state index contributed by atoms with van der Waals surface area (Å²) in [5.41, 5.74) is 6.07. The predicted octanol–water partition coefficient (Wildman–Crippen LogP) is 2.98. The summed E-state index contributed by atoms with van der Waals surface area (Å²) < 4.78 is 13.5. The van der Waals surface area contributed by atoms with Crippen LogP contribution >= 0.6 is 23.8 Å². The van der Waals surface area contributed by atoms with E-state index in [1.54, 1.807) is 12.1 Å². The average Bonchev–Trinajstić information content (AvgIpc) is 2.22. The quantitative estimate of drug-likeness (QED) is 0.837. The third-order valence-corrected chi connectivity index (χ3v) is 3.08. The van der Waals surface area contributed by atoms with Crippen molar-refractivity contribution >= 4 is 28.8 Å². The van der Waals surface area contributed by atoms with Gasteiger partial charge in [-0.05, 0) is 32.2 Å². The first-order valence-corrected chi connectivity index (χ1v) is 6.11. The molecule has 0 radical (unpaired) electrons. The first-order chi connectivity index (χ1) is 7.90. The molecule has 0 amide bonds. The standard InChI is InChI=1S/C12H16ClFN2S/c1-8(5-12(15)17)16(2)7-9-6-10(13)3-4-11(9)14/h3-4,6,8H,5,7H2,1-2H3,(H2,15,17). The third kappa shape index (κ3) is 4.58. The third-order valence-electron chi connectivity index (χ3n) is 2.68. The second-order valence-electron chi connectivity index (χ2n) is 4.17. The van der Waals surface area contributed by atoms with Crippen molar-refractivity contribution < 1.29 is 4.39 Å². The molecular formula is C12H16ClFN2S. The molecule has 1 rings (SSSR count). The smallest absolute Gasteiger partial charge is 0.127 e. The number of nitrogens with two attached hydrogens (primary N) is 1. The van der Waals surface area contributed by atoms with Crippen LogP contribution in [-0.2, 0) is 6.54 Å². The van der Waals surface area contributed by atoms with Crippen molar-refractivity contribution in [2.75, 3.05) is 7.05 Å². The van der Waals surface area contributed by atoms with Gasteiger partial charge in [0.2, 0.25) is 0 Å². The SMILES string of the molecule is CC(CC(N)=S)N(C)Cc1cc(Cl)ccc1F. The topological polar surface area (TPSA) is 29.3 Å². The molecule has 0 aromatic heterocycles. The molecule has 0 spiro atoms. The van der Waals surface area contributed by atoms with E-state index < -0.39 is 0 Å². The number of hydrogen-bond acceptors (Lipinski definition) is 2. The van der Waals surface area contributed by atoms with Crippen LogP contribution in [0.1, 0.15) is 18.9 Å². The predicted molar refractivity (Wildman–Crippen MR) is 73.7 cm³/mol. The van der Waals surface area contributed by atoms with Gasteiger partial charge in [0.15, 0.2) is 0 Å². The van der Waals surface area contributed by atoms with Gasteiger partial charge in [0.25, 0.3) is 0 Å². The van der Waals surface area contributed by atoms with Gasteiger partial charge >= 0.3 is 0 Å². The minimum absolute atomic E-state index is 0.172. The highest BCUT2D eigenvalue weighted by Gasteiger charge is 2.13. The Bertz CT molecular complexity index is 411. The highest BCUT2D eigenvalue weighted by Crippen LogP contribution is 2.17. The van der Waals surface area contributed by atoms with E-state index in [4.69, 9.17) is 29.6 Å². The van der Waals surface area contributed by atoms with Crippen molar-refractivity contribution in [2.45, 2.75) is 25.9 Å². The van der Waals surface area contributed by atoms with Gasteiger partial charge in [-0.1, -0.05) is 23.8 Å². The molecule has 1 atom stereocenters. The highest BCUT2D eigenvalue weighted by molar-refractivity contribution is 7.80. The zero-order valence-electron chi connectivity index (χ0n) is 9.91. The van der Waals surface area contributed by atoms with Gasteiger partial charge in [-0.2, -0.15) is 0 Å². The average molecular weight is 275 g/mol. The lowest BCUT2D eigenvalue weighted by atomic mass is 10.1. The number of halogens is 2. The van der Waals surface area contributed by atoms with Crippen LogP contribution in [0, 0.1) is 5.82 Å². The number of hydrogen-bond donors (Lipinski definition) is 1. The monoisotopic (exact) mass is 274 g/mol. The van der Waals surface area contributed by atoms with Crippen molar-refractivity contribution in [3.63, 3.8) is 0 Å². The van der Waals surface area contributed by atoms with E-state index in [-0.39, 0.29) is 11.9 Å². The normalized spacial score (nSPS) is 12.8. The van der Waals surface area contributed by atoms with Crippen LogP contribution in [0.3, 0.4) is 0 Å².